The quantitative estimate of drug-likeness (QED) is 0.543. The summed E-state index contributed by atoms with van der Waals surface area (Å²) < 4.78 is 5.02. The van der Waals surface area contributed by atoms with E-state index in [0.717, 1.165) is 5.56 Å². The van der Waals surface area contributed by atoms with Gasteiger partial charge in [-0.3, -0.25) is 0 Å². The Balaban J connectivity index is 2.07. The molecule has 0 saturated carbocycles. The SMILES string of the molecule is COCc1nc(NN)cc(NCc2ccc(C#N)cc2)n1. The normalized spacial score (nSPS) is 9.95. The van der Waals surface area contributed by atoms with Crippen molar-refractivity contribution in [2.75, 3.05) is 17.9 Å². The van der Waals surface area contributed by atoms with Gasteiger partial charge in [-0.1, -0.05) is 12.1 Å². The van der Waals surface area contributed by atoms with Crippen molar-refractivity contribution >= 4 is 11.6 Å². The summed E-state index contributed by atoms with van der Waals surface area (Å²) in [5.41, 5.74) is 4.18. The Labute approximate surface area is 122 Å². The number of benzene rings is 1. The van der Waals surface area contributed by atoms with Crippen molar-refractivity contribution in [1.29, 1.82) is 5.26 Å². The van der Waals surface area contributed by atoms with E-state index >= 15 is 0 Å². The van der Waals surface area contributed by atoms with Gasteiger partial charge in [0.25, 0.3) is 0 Å². The summed E-state index contributed by atoms with van der Waals surface area (Å²) in [6, 6.07) is 11.1. The molecule has 0 aliphatic carbocycles. The van der Waals surface area contributed by atoms with Crippen LogP contribution in [-0.2, 0) is 17.9 Å². The fourth-order valence-electron chi connectivity index (χ4n) is 1.75. The van der Waals surface area contributed by atoms with E-state index in [4.69, 9.17) is 15.8 Å². The third kappa shape index (κ3) is 4.14. The summed E-state index contributed by atoms with van der Waals surface area (Å²) in [5.74, 6) is 7.08. The molecular formula is C14H16N6O. The van der Waals surface area contributed by atoms with Gasteiger partial charge < -0.3 is 15.5 Å². The van der Waals surface area contributed by atoms with Gasteiger partial charge in [0.2, 0.25) is 0 Å². The maximum absolute atomic E-state index is 8.76. The first kappa shape index (κ1) is 14.7. The van der Waals surface area contributed by atoms with E-state index in [1.54, 1.807) is 25.3 Å². The number of nitrogens with one attached hydrogen (secondary N) is 2. The predicted molar refractivity (Wildman–Crippen MR) is 79.0 cm³/mol. The Morgan fingerprint density at radius 1 is 1.24 bits per heavy atom. The van der Waals surface area contributed by atoms with Crippen molar-refractivity contribution in [3.63, 3.8) is 0 Å². The largest absolute Gasteiger partial charge is 0.377 e. The van der Waals surface area contributed by atoms with Crippen LogP contribution < -0.4 is 16.6 Å². The first-order valence-corrected chi connectivity index (χ1v) is 6.31. The van der Waals surface area contributed by atoms with Crippen LogP contribution in [0.1, 0.15) is 17.0 Å². The highest BCUT2D eigenvalue weighted by Gasteiger charge is 2.04. The van der Waals surface area contributed by atoms with Crippen LogP contribution in [0.4, 0.5) is 11.6 Å². The minimum absolute atomic E-state index is 0.307. The molecule has 0 fully saturated rings. The number of hydrogen-bond donors (Lipinski definition) is 3. The summed E-state index contributed by atoms with van der Waals surface area (Å²) in [7, 11) is 1.58. The van der Waals surface area contributed by atoms with E-state index in [1.807, 2.05) is 12.1 Å². The fourth-order valence-corrected chi connectivity index (χ4v) is 1.75. The first-order chi connectivity index (χ1) is 10.2. The van der Waals surface area contributed by atoms with Gasteiger partial charge in [-0.15, -0.1) is 0 Å². The molecule has 0 atom stereocenters. The number of nitrogens with zero attached hydrogens (tertiary/aromatic N) is 3. The minimum Gasteiger partial charge on any atom is -0.377 e. The Morgan fingerprint density at radius 2 is 1.95 bits per heavy atom. The zero-order valence-corrected chi connectivity index (χ0v) is 11.6. The number of anilines is 2. The van der Waals surface area contributed by atoms with Gasteiger partial charge in [-0.2, -0.15) is 5.26 Å². The van der Waals surface area contributed by atoms with Crippen LogP contribution in [0.2, 0.25) is 0 Å². The monoisotopic (exact) mass is 284 g/mol. The van der Waals surface area contributed by atoms with Crippen molar-refractivity contribution in [2.24, 2.45) is 5.84 Å². The molecule has 1 aromatic carbocycles. The molecule has 0 amide bonds. The third-order valence-electron chi connectivity index (χ3n) is 2.75. The second kappa shape index (κ2) is 7.19. The number of hydrogen-bond acceptors (Lipinski definition) is 7. The van der Waals surface area contributed by atoms with Gasteiger partial charge >= 0.3 is 0 Å². The smallest absolute Gasteiger partial charge is 0.158 e. The standard InChI is InChI=1S/C14H16N6O/c1-21-9-14-18-12(6-13(19-14)20-16)17-8-11-4-2-10(7-15)3-5-11/h2-6H,8-9,16H2,1H3,(H2,17,18,19,20). The number of hydrazine groups is 1. The number of nitriles is 1. The molecule has 4 N–H and O–H groups in total. The molecule has 0 radical (unpaired) electrons. The zero-order valence-electron chi connectivity index (χ0n) is 11.6. The van der Waals surface area contributed by atoms with Crippen molar-refractivity contribution in [3.8, 4) is 6.07 Å². The topological polar surface area (TPSA) is 109 Å². The summed E-state index contributed by atoms with van der Waals surface area (Å²) >= 11 is 0. The second-order valence-corrected chi connectivity index (χ2v) is 4.29. The lowest BCUT2D eigenvalue weighted by molar-refractivity contribution is 0.178. The van der Waals surface area contributed by atoms with Gasteiger partial charge in [-0.25, -0.2) is 15.8 Å². The van der Waals surface area contributed by atoms with Crippen molar-refractivity contribution in [2.45, 2.75) is 13.2 Å². The maximum atomic E-state index is 8.76. The summed E-state index contributed by atoms with van der Waals surface area (Å²) in [5, 5.41) is 11.9. The lowest BCUT2D eigenvalue weighted by atomic mass is 10.1. The average Bonchev–Trinajstić information content (AvgIpc) is 2.53. The molecule has 2 aromatic rings. The van der Waals surface area contributed by atoms with Crippen molar-refractivity contribution in [1.82, 2.24) is 9.97 Å². The van der Waals surface area contributed by atoms with Gasteiger partial charge in [0.15, 0.2) is 5.82 Å². The number of rotatable bonds is 6. The van der Waals surface area contributed by atoms with E-state index < -0.39 is 0 Å². The lowest BCUT2D eigenvalue weighted by Gasteiger charge is -2.09. The van der Waals surface area contributed by atoms with Gasteiger partial charge in [0.05, 0.1) is 11.6 Å². The summed E-state index contributed by atoms with van der Waals surface area (Å²) in [6.45, 7) is 0.889. The Bertz CT molecular complexity index is 635. The number of nitrogens with two attached hydrogens (primary N) is 1. The molecular weight excluding hydrogens is 268 g/mol. The van der Waals surface area contributed by atoms with Crippen LogP contribution in [-0.4, -0.2) is 17.1 Å². The molecule has 1 aromatic heterocycles. The highest BCUT2D eigenvalue weighted by Crippen LogP contribution is 2.13. The fraction of sp³-hybridized carbons (Fsp3) is 0.214. The van der Waals surface area contributed by atoms with Crippen LogP contribution in [0, 0.1) is 11.3 Å². The van der Waals surface area contributed by atoms with E-state index in [-0.39, 0.29) is 0 Å². The van der Waals surface area contributed by atoms with Crippen molar-refractivity contribution in [3.05, 3.63) is 47.3 Å². The average molecular weight is 284 g/mol. The van der Waals surface area contributed by atoms with E-state index in [0.29, 0.717) is 36.2 Å². The van der Waals surface area contributed by atoms with E-state index in [1.165, 1.54) is 0 Å². The van der Waals surface area contributed by atoms with Gasteiger partial charge in [0, 0.05) is 19.7 Å². The molecule has 0 aliphatic rings. The van der Waals surface area contributed by atoms with E-state index in [9.17, 15) is 0 Å². The van der Waals surface area contributed by atoms with Crippen LogP contribution in [0.25, 0.3) is 0 Å². The highest BCUT2D eigenvalue weighted by atomic mass is 16.5. The highest BCUT2D eigenvalue weighted by molar-refractivity contribution is 5.47. The molecule has 0 spiro atoms. The number of nitrogen functional groups attached to an aromatic ring is 1. The molecule has 1 heterocycles. The summed E-state index contributed by atoms with van der Waals surface area (Å²) in [6.07, 6.45) is 0. The Hall–Kier alpha value is -2.69. The third-order valence-corrected chi connectivity index (χ3v) is 2.75. The number of ether oxygens (including phenoxy) is 1. The molecule has 0 bridgehead atoms. The Morgan fingerprint density at radius 3 is 2.57 bits per heavy atom. The molecule has 21 heavy (non-hydrogen) atoms. The molecule has 7 heteroatoms. The molecule has 7 nitrogen and oxygen atoms in total. The first-order valence-electron chi connectivity index (χ1n) is 6.31. The second-order valence-electron chi connectivity index (χ2n) is 4.29. The van der Waals surface area contributed by atoms with Gasteiger partial charge in [-0.05, 0) is 17.7 Å². The zero-order chi connectivity index (χ0) is 15.1. The molecule has 2 rings (SSSR count). The van der Waals surface area contributed by atoms with Gasteiger partial charge in [0.1, 0.15) is 18.2 Å². The predicted octanol–water partition coefficient (Wildman–Crippen LogP) is 1.39. The minimum atomic E-state index is 0.307. The van der Waals surface area contributed by atoms with Crippen LogP contribution in [0.3, 0.4) is 0 Å². The maximum Gasteiger partial charge on any atom is 0.158 e. The van der Waals surface area contributed by atoms with E-state index in [2.05, 4.69) is 26.8 Å². The van der Waals surface area contributed by atoms with Crippen LogP contribution in [0.5, 0.6) is 0 Å². The number of aromatic nitrogens is 2. The molecule has 108 valence electrons. The molecule has 0 saturated heterocycles. The number of methoxy groups -OCH3 is 1. The van der Waals surface area contributed by atoms with Crippen molar-refractivity contribution < 1.29 is 4.74 Å². The Kier molecular flexibility index (Phi) is 5.04. The summed E-state index contributed by atoms with van der Waals surface area (Å²) in [4.78, 5) is 8.50. The van der Waals surface area contributed by atoms with Crippen LogP contribution >= 0.6 is 0 Å². The van der Waals surface area contributed by atoms with Crippen LogP contribution in [0.15, 0.2) is 30.3 Å². The molecule has 0 aliphatic heterocycles. The lowest BCUT2D eigenvalue weighted by Crippen LogP contribution is -2.12. The molecule has 0 unspecified atom stereocenters.